The summed E-state index contributed by atoms with van der Waals surface area (Å²) < 4.78 is 4.67. The van der Waals surface area contributed by atoms with E-state index in [0.29, 0.717) is 16.7 Å². The molecule has 1 aliphatic heterocycles. The van der Waals surface area contributed by atoms with E-state index >= 15 is 0 Å². The van der Waals surface area contributed by atoms with Crippen LogP contribution in [0, 0.1) is 5.92 Å². The summed E-state index contributed by atoms with van der Waals surface area (Å²) in [5.41, 5.74) is 0.503. The van der Waals surface area contributed by atoms with E-state index in [2.05, 4.69) is 9.72 Å². The number of carbonyl (C=O) groups excluding carboxylic acids is 2. The van der Waals surface area contributed by atoms with E-state index in [0.717, 1.165) is 0 Å². The summed E-state index contributed by atoms with van der Waals surface area (Å²) in [5, 5.41) is 0.567. The lowest BCUT2D eigenvalue weighted by molar-refractivity contribution is -0.145. The van der Waals surface area contributed by atoms with Crippen LogP contribution in [0.15, 0.2) is 35.1 Å². The van der Waals surface area contributed by atoms with Crippen LogP contribution in [0.1, 0.15) is 6.42 Å². The molecule has 1 amide bonds. The number of esters is 1. The standard InChI is InChI=1S/C15H14N2O4/c1-21-15(20)9-6-14(19)17(8-9)13-7-12(18)10-4-2-3-5-11(10)16-13/h2-5,7,9H,6,8H2,1H3,(H,16,18). The number of aromatic amines is 1. The van der Waals surface area contributed by atoms with Crippen molar-refractivity contribution in [1.82, 2.24) is 4.98 Å². The second-order valence-electron chi connectivity index (χ2n) is 4.99. The van der Waals surface area contributed by atoms with Gasteiger partial charge in [-0.1, -0.05) is 12.1 Å². The molecule has 3 rings (SSSR count). The number of para-hydroxylation sites is 1. The summed E-state index contributed by atoms with van der Waals surface area (Å²) in [6, 6.07) is 8.48. The van der Waals surface area contributed by atoms with E-state index in [-0.39, 0.29) is 24.3 Å². The summed E-state index contributed by atoms with van der Waals surface area (Å²) in [5.74, 6) is -0.683. The molecule has 108 valence electrons. The van der Waals surface area contributed by atoms with Crippen molar-refractivity contribution in [1.29, 1.82) is 0 Å². The highest BCUT2D eigenvalue weighted by Gasteiger charge is 2.36. The minimum absolute atomic E-state index is 0.0987. The fourth-order valence-corrected chi connectivity index (χ4v) is 2.59. The lowest BCUT2D eigenvalue weighted by atomic mass is 10.1. The number of hydrogen-bond acceptors (Lipinski definition) is 4. The molecule has 1 aliphatic rings. The summed E-state index contributed by atoms with van der Waals surface area (Å²) in [7, 11) is 1.30. The van der Waals surface area contributed by atoms with Crippen LogP contribution in [0.2, 0.25) is 0 Å². The maximum atomic E-state index is 12.1. The Kier molecular flexibility index (Phi) is 3.21. The largest absolute Gasteiger partial charge is 0.469 e. The van der Waals surface area contributed by atoms with Gasteiger partial charge < -0.3 is 9.72 Å². The van der Waals surface area contributed by atoms with Gasteiger partial charge in [0.25, 0.3) is 0 Å². The average Bonchev–Trinajstić information content (AvgIpc) is 2.88. The van der Waals surface area contributed by atoms with Gasteiger partial charge in [0.1, 0.15) is 5.82 Å². The molecule has 1 fully saturated rings. The van der Waals surface area contributed by atoms with Gasteiger partial charge in [0.05, 0.1) is 18.5 Å². The lowest BCUT2D eigenvalue weighted by Crippen LogP contribution is -2.28. The number of fused-ring (bicyclic) bond motifs is 1. The Bertz CT molecular complexity index is 781. The molecule has 0 saturated carbocycles. The van der Waals surface area contributed by atoms with E-state index in [4.69, 9.17) is 0 Å². The fourth-order valence-electron chi connectivity index (χ4n) is 2.59. The lowest BCUT2D eigenvalue weighted by Gasteiger charge is -2.16. The third-order valence-electron chi connectivity index (χ3n) is 3.67. The van der Waals surface area contributed by atoms with Crippen LogP contribution < -0.4 is 10.3 Å². The third-order valence-corrected chi connectivity index (χ3v) is 3.67. The number of H-pyrrole nitrogens is 1. The maximum Gasteiger partial charge on any atom is 0.311 e. The zero-order valence-corrected chi connectivity index (χ0v) is 11.5. The second kappa shape index (κ2) is 5.05. The van der Waals surface area contributed by atoms with Crippen LogP contribution in [0.3, 0.4) is 0 Å². The second-order valence-corrected chi connectivity index (χ2v) is 4.99. The molecule has 1 aromatic heterocycles. The molecule has 2 aromatic rings. The molecule has 1 atom stereocenters. The Labute approximate surface area is 120 Å². The Morgan fingerprint density at radius 2 is 2.10 bits per heavy atom. The van der Waals surface area contributed by atoms with E-state index in [1.54, 1.807) is 18.2 Å². The molecular weight excluding hydrogens is 272 g/mol. The van der Waals surface area contributed by atoms with Crippen molar-refractivity contribution < 1.29 is 14.3 Å². The van der Waals surface area contributed by atoms with Gasteiger partial charge in [-0.2, -0.15) is 0 Å². The minimum atomic E-state index is -0.488. The third kappa shape index (κ3) is 2.29. The number of hydrogen-bond donors (Lipinski definition) is 1. The zero-order valence-electron chi connectivity index (χ0n) is 11.5. The normalized spacial score (nSPS) is 18.2. The highest BCUT2D eigenvalue weighted by Crippen LogP contribution is 2.24. The summed E-state index contributed by atoms with van der Waals surface area (Å²) >= 11 is 0. The minimum Gasteiger partial charge on any atom is -0.469 e. The molecule has 0 aliphatic carbocycles. The quantitative estimate of drug-likeness (QED) is 0.837. The number of carbonyl (C=O) groups is 2. The number of nitrogens with one attached hydrogen (secondary N) is 1. The summed E-state index contributed by atoms with van der Waals surface area (Å²) in [6.07, 6.45) is 0.0987. The van der Waals surface area contributed by atoms with Crippen LogP contribution in [-0.4, -0.2) is 30.5 Å². The topological polar surface area (TPSA) is 79.5 Å². The molecule has 1 unspecified atom stereocenters. The highest BCUT2D eigenvalue weighted by molar-refractivity contribution is 5.99. The Morgan fingerprint density at radius 3 is 2.86 bits per heavy atom. The number of methoxy groups -OCH3 is 1. The van der Waals surface area contributed by atoms with E-state index in [1.165, 1.54) is 18.1 Å². The number of nitrogens with zero attached hydrogens (tertiary/aromatic N) is 1. The van der Waals surface area contributed by atoms with E-state index < -0.39 is 11.9 Å². The van der Waals surface area contributed by atoms with E-state index in [9.17, 15) is 14.4 Å². The number of amides is 1. The first-order chi connectivity index (χ1) is 10.1. The predicted molar refractivity (Wildman–Crippen MR) is 77.0 cm³/mol. The first-order valence-corrected chi connectivity index (χ1v) is 6.60. The van der Waals surface area contributed by atoms with Crippen molar-refractivity contribution in [3.05, 3.63) is 40.6 Å². The van der Waals surface area contributed by atoms with Gasteiger partial charge in [0.2, 0.25) is 5.91 Å². The smallest absolute Gasteiger partial charge is 0.311 e. The highest BCUT2D eigenvalue weighted by atomic mass is 16.5. The Morgan fingerprint density at radius 1 is 1.33 bits per heavy atom. The fraction of sp³-hybridized carbons (Fsp3) is 0.267. The molecule has 1 N–H and O–H groups in total. The molecule has 0 radical (unpaired) electrons. The molecule has 6 nitrogen and oxygen atoms in total. The van der Waals surface area contributed by atoms with Crippen molar-refractivity contribution in [2.45, 2.75) is 6.42 Å². The van der Waals surface area contributed by atoms with Crippen LogP contribution in [0.25, 0.3) is 10.9 Å². The molecular formula is C15H14N2O4. The Hall–Kier alpha value is -2.63. The van der Waals surface area contributed by atoms with E-state index in [1.807, 2.05) is 6.07 Å². The predicted octanol–water partition coefficient (Wildman–Crippen LogP) is 1.05. The van der Waals surface area contributed by atoms with Crippen molar-refractivity contribution in [2.24, 2.45) is 5.92 Å². The number of anilines is 1. The summed E-state index contributed by atoms with van der Waals surface area (Å²) in [6.45, 7) is 0.222. The number of benzene rings is 1. The van der Waals surface area contributed by atoms with Gasteiger partial charge in [-0.15, -0.1) is 0 Å². The average molecular weight is 286 g/mol. The van der Waals surface area contributed by atoms with Crippen molar-refractivity contribution in [3.8, 4) is 0 Å². The first-order valence-electron chi connectivity index (χ1n) is 6.60. The van der Waals surface area contributed by atoms with Crippen LogP contribution in [0.5, 0.6) is 0 Å². The molecule has 1 saturated heterocycles. The molecule has 0 spiro atoms. The first kappa shape index (κ1) is 13.4. The molecule has 21 heavy (non-hydrogen) atoms. The Balaban J connectivity index is 1.99. The van der Waals surface area contributed by atoms with Crippen molar-refractivity contribution in [3.63, 3.8) is 0 Å². The number of aromatic nitrogens is 1. The van der Waals surface area contributed by atoms with Crippen LogP contribution in [0.4, 0.5) is 5.82 Å². The molecule has 1 aromatic carbocycles. The number of rotatable bonds is 2. The summed E-state index contributed by atoms with van der Waals surface area (Å²) in [4.78, 5) is 40.2. The van der Waals surface area contributed by atoms with Crippen LogP contribution >= 0.6 is 0 Å². The molecule has 0 bridgehead atoms. The number of ether oxygens (including phenoxy) is 1. The maximum absolute atomic E-state index is 12.1. The van der Waals surface area contributed by atoms with Gasteiger partial charge in [-0.3, -0.25) is 19.3 Å². The molecule has 6 heteroatoms. The van der Waals surface area contributed by atoms with Gasteiger partial charge in [-0.25, -0.2) is 0 Å². The number of pyridine rings is 1. The van der Waals surface area contributed by atoms with Crippen LogP contribution in [-0.2, 0) is 14.3 Å². The monoisotopic (exact) mass is 286 g/mol. The van der Waals surface area contributed by atoms with Gasteiger partial charge in [0.15, 0.2) is 5.43 Å². The SMILES string of the molecule is COC(=O)C1CC(=O)N(c2cc(=O)c3ccccc3[nH]2)C1. The zero-order chi connectivity index (χ0) is 15.0. The van der Waals surface area contributed by atoms with Gasteiger partial charge in [0, 0.05) is 24.4 Å². The van der Waals surface area contributed by atoms with Crippen molar-refractivity contribution in [2.75, 3.05) is 18.6 Å². The van der Waals surface area contributed by atoms with Gasteiger partial charge in [-0.05, 0) is 12.1 Å². The molecule has 2 heterocycles. The van der Waals surface area contributed by atoms with Crippen molar-refractivity contribution >= 4 is 28.6 Å². The van der Waals surface area contributed by atoms with Gasteiger partial charge >= 0.3 is 5.97 Å².